The van der Waals surface area contributed by atoms with Gasteiger partial charge in [0.25, 0.3) is 0 Å². The molecule has 1 aromatic rings. The van der Waals surface area contributed by atoms with E-state index in [1.54, 1.807) is 0 Å². The van der Waals surface area contributed by atoms with Crippen LogP contribution < -0.4 is 5.32 Å². The summed E-state index contributed by atoms with van der Waals surface area (Å²) < 4.78 is 0.286. The van der Waals surface area contributed by atoms with Gasteiger partial charge in [-0.1, -0.05) is 39.0 Å². The average molecular weight is 235 g/mol. The average Bonchev–Trinajstić information content (AvgIpc) is 2.69. The summed E-state index contributed by atoms with van der Waals surface area (Å²) in [5.74, 6) is 0. The quantitative estimate of drug-likeness (QED) is 0.778. The van der Waals surface area contributed by atoms with Crippen molar-refractivity contribution in [3.05, 3.63) is 29.8 Å². The Morgan fingerprint density at radius 2 is 2.00 bits per heavy atom. The molecule has 1 fully saturated rings. The lowest BCUT2D eigenvalue weighted by Crippen LogP contribution is -2.15. The van der Waals surface area contributed by atoms with Crippen molar-refractivity contribution in [1.29, 1.82) is 0 Å². The molecule has 1 aromatic carbocycles. The van der Waals surface area contributed by atoms with Gasteiger partial charge < -0.3 is 5.32 Å². The van der Waals surface area contributed by atoms with E-state index in [9.17, 15) is 0 Å². The lowest BCUT2D eigenvalue weighted by atomic mass is 10.1. The zero-order valence-electron chi connectivity index (χ0n) is 10.4. The predicted molar refractivity (Wildman–Crippen MR) is 72.0 cm³/mol. The van der Waals surface area contributed by atoms with Crippen LogP contribution in [0.25, 0.3) is 0 Å². The minimum absolute atomic E-state index is 0.286. The monoisotopic (exact) mass is 235 g/mol. The molecule has 1 aliphatic rings. The van der Waals surface area contributed by atoms with Crippen molar-refractivity contribution in [2.24, 2.45) is 0 Å². The Bertz CT molecular complexity index is 348. The topological polar surface area (TPSA) is 12.0 Å². The van der Waals surface area contributed by atoms with E-state index in [0.717, 1.165) is 0 Å². The minimum Gasteiger partial charge on any atom is -0.310 e. The smallest absolute Gasteiger partial charge is 0.0331 e. The number of rotatable bonds is 2. The number of hydrogen-bond donors (Lipinski definition) is 1. The van der Waals surface area contributed by atoms with Crippen LogP contribution in [0.1, 0.15) is 45.2 Å². The molecule has 1 atom stereocenters. The molecule has 0 aliphatic carbocycles. The first kappa shape index (κ1) is 12.0. The first-order valence-corrected chi connectivity index (χ1v) is 6.89. The summed E-state index contributed by atoms with van der Waals surface area (Å²) in [5.41, 5.74) is 1.49. The molecule has 16 heavy (non-hydrogen) atoms. The molecule has 1 N–H and O–H groups in total. The summed E-state index contributed by atoms with van der Waals surface area (Å²) in [5, 5.41) is 3.59. The summed E-state index contributed by atoms with van der Waals surface area (Å²) in [7, 11) is 0. The summed E-state index contributed by atoms with van der Waals surface area (Å²) in [6, 6.07) is 9.41. The number of thioether (sulfide) groups is 1. The Morgan fingerprint density at radius 3 is 2.62 bits per heavy atom. The zero-order valence-corrected chi connectivity index (χ0v) is 11.2. The Labute approximate surface area is 103 Å². The molecule has 1 saturated heterocycles. The van der Waals surface area contributed by atoms with Gasteiger partial charge in [-0.3, -0.25) is 0 Å². The Morgan fingerprint density at radius 1 is 1.25 bits per heavy atom. The highest BCUT2D eigenvalue weighted by Crippen LogP contribution is 2.38. The largest absolute Gasteiger partial charge is 0.310 e. The lowest BCUT2D eigenvalue weighted by Gasteiger charge is -2.22. The van der Waals surface area contributed by atoms with Gasteiger partial charge in [0.15, 0.2) is 0 Å². The fourth-order valence-electron chi connectivity index (χ4n) is 2.14. The number of nitrogens with one attached hydrogen (secondary N) is 1. The lowest BCUT2D eigenvalue weighted by molar-refractivity contribution is 0.635. The molecule has 0 aromatic heterocycles. The van der Waals surface area contributed by atoms with Crippen molar-refractivity contribution >= 4 is 11.8 Å². The molecule has 0 radical (unpaired) electrons. The second-order valence-electron chi connectivity index (χ2n) is 5.40. The summed E-state index contributed by atoms with van der Waals surface area (Å²) in [6.45, 7) is 7.99. The van der Waals surface area contributed by atoms with Crippen LogP contribution in [0.15, 0.2) is 29.2 Å². The van der Waals surface area contributed by atoms with Crippen molar-refractivity contribution in [3.63, 3.8) is 0 Å². The van der Waals surface area contributed by atoms with Crippen LogP contribution in [0.5, 0.6) is 0 Å². The molecule has 1 nitrogen and oxygen atoms in total. The molecule has 88 valence electrons. The van der Waals surface area contributed by atoms with Crippen LogP contribution >= 0.6 is 11.8 Å². The van der Waals surface area contributed by atoms with Gasteiger partial charge in [0.1, 0.15) is 0 Å². The first-order valence-electron chi connectivity index (χ1n) is 6.07. The Hall–Kier alpha value is -0.470. The molecule has 2 heteroatoms. The van der Waals surface area contributed by atoms with Crippen molar-refractivity contribution in [2.75, 3.05) is 6.54 Å². The highest BCUT2D eigenvalue weighted by atomic mass is 32.2. The van der Waals surface area contributed by atoms with Crippen LogP contribution in [0, 0.1) is 0 Å². The van der Waals surface area contributed by atoms with Crippen LogP contribution in [-0.4, -0.2) is 11.3 Å². The fraction of sp³-hybridized carbons (Fsp3) is 0.571. The third kappa shape index (κ3) is 3.02. The van der Waals surface area contributed by atoms with Crippen LogP contribution in [-0.2, 0) is 0 Å². The van der Waals surface area contributed by atoms with E-state index in [1.165, 1.54) is 29.8 Å². The van der Waals surface area contributed by atoms with Crippen molar-refractivity contribution < 1.29 is 0 Å². The molecule has 0 unspecified atom stereocenters. The predicted octanol–water partition coefficient (Wildman–Crippen LogP) is 4.00. The Kier molecular flexibility index (Phi) is 3.60. The van der Waals surface area contributed by atoms with Gasteiger partial charge in [-0.25, -0.2) is 0 Å². The van der Waals surface area contributed by atoms with E-state index < -0.39 is 0 Å². The van der Waals surface area contributed by atoms with Crippen LogP contribution in [0.3, 0.4) is 0 Å². The van der Waals surface area contributed by atoms with Gasteiger partial charge in [-0.2, -0.15) is 0 Å². The summed E-state index contributed by atoms with van der Waals surface area (Å²) in [4.78, 5) is 1.44. The van der Waals surface area contributed by atoms with E-state index in [2.05, 4.69) is 50.4 Å². The van der Waals surface area contributed by atoms with E-state index in [0.29, 0.717) is 6.04 Å². The third-order valence-electron chi connectivity index (χ3n) is 2.77. The molecular formula is C14H21NS. The van der Waals surface area contributed by atoms with E-state index in [1.807, 2.05) is 11.8 Å². The summed E-state index contributed by atoms with van der Waals surface area (Å²) in [6.07, 6.45) is 2.58. The van der Waals surface area contributed by atoms with Crippen LogP contribution in [0.4, 0.5) is 0 Å². The maximum Gasteiger partial charge on any atom is 0.0331 e. The zero-order chi connectivity index (χ0) is 11.6. The molecule has 0 amide bonds. The molecule has 0 saturated carbocycles. The Balaban J connectivity index is 2.23. The van der Waals surface area contributed by atoms with Crippen molar-refractivity contribution in [2.45, 2.75) is 49.3 Å². The van der Waals surface area contributed by atoms with E-state index in [4.69, 9.17) is 0 Å². The number of hydrogen-bond acceptors (Lipinski definition) is 2. The third-order valence-corrected chi connectivity index (χ3v) is 3.97. The van der Waals surface area contributed by atoms with Gasteiger partial charge in [0.2, 0.25) is 0 Å². The van der Waals surface area contributed by atoms with Gasteiger partial charge >= 0.3 is 0 Å². The molecular weight excluding hydrogens is 214 g/mol. The normalized spacial score (nSPS) is 21.3. The van der Waals surface area contributed by atoms with Crippen LogP contribution in [0.2, 0.25) is 0 Å². The minimum atomic E-state index is 0.286. The van der Waals surface area contributed by atoms with Gasteiger partial charge in [-0.05, 0) is 31.0 Å². The highest BCUT2D eigenvalue weighted by molar-refractivity contribution is 8.00. The van der Waals surface area contributed by atoms with E-state index >= 15 is 0 Å². The molecule has 1 aliphatic heterocycles. The molecule has 1 heterocycles. The SMILES string of the molecule is CC(C)(C)Sc1ccccc1[C@@H]1CCCN1. The van der Waals surface area contributed by atoms with Gasteiger partial charge in [0, 0.05) is 15.7 Å². The summed E-state index contributed by atoms with van der Waals surface area (Å²) >= 11 is 1.97. The second-order valence-corrected chi connectivity index (χ2v) is 7.27. The van der Waals surface area contributed by atoms with Gasteiger partial charge in [-0.15, -0.1) is 11.8 Å². The van der Waals surface area contributed by atoms with Crippen molar-refractivity contribution in [3.8, 4) is 0 Å². The molecule has 2 rings (SSSR count). The second kappa shape index (κ2) is 4.80. The van der Waals surface area contributed by atoms with E-state index in [-0.39, 0.29) is 4.75 Å². The molecule has 0 bridgehead atoms. The van der Waals surface area contributed by atoms with Crippen molar-refractivity contribution in [1.82, 2.24) is 5.32 Å². The standard InChI is InChI=1S/C14H21NS/c1-14(2,3)16-13-9-5-4-7-11(13)12-8-6-10-15-12/h4-5,7,9,12,15H,6,8,10H2,1-3H3/t12-/m0/s1. The fourth-order valence-corrected chi connectivity index (χ4v) is 3.28. The highest BCUT2D eigenvalue weighted by Gasteiger charge is 2.21. The first-order chi connectivity index (χ1) is 7.56. The number of benzene rings is 1. The van der Waals surface area contributed by atoms with Gasteiger partial charge in [0.05, 0.1) is 0 Å². The maximum atomic E-state index is 3.59. The maximum absolute atomic E-state index is 3.59. The molecule has 0 spiro atoms.